The zero-order valence-electron chi connectivity index (χ0n) is 7.41. The van der Waals surface area contributed by atoms with Crippen LogP contribution < -0.4 is 5.30 Å². The summed E-state index contributed by atoms with van der Waals surface area (Å²) in [5.74, 6) is -1.88. The molecular weight excluding hydrogens is 213 g/mol. The van der Waals surface area contributed by atoms with Crippen molar-refractivity contribution in [2.24, 2.45) is 0 Å². The predicted molar refractivity (Wildman–Crippen MR) is 47.4 cm³/mol. The van der Waals surface area contributed by atoms with Crippen molar-refractivity contribution in [2.75, 3.05) is 6.61 Å². The van der Waals surface area contributed by atoms with Crippen molar-refractivity contribution in [3.8, 4) is 0 Å². The normalized spacial score (nSPS) is 15.1. The lowest BCUT2D eigenvalue weighted by Crippen LogP contribution is -2.12. The third kappa shape index (κ3) is 2.38. The largest absolute Gasteiger partial charge is 0.361 e. The van der Waals surface area contributed by atoms with Crippen molar-refractivity contribution in [3.63, 3.8) is 0 Å². The van der Waals surface area contributed by atoms with Gasteiger partial charge in [-0.05, 0) is 19.1 Å². The Hall–Kier alpha value is -0.770. The lowest BCUT2D eigenvalue weighted by molar-refractivity contribution is 0.283. The van der Waals surface area contributed by atoms with Gasteiger partial charge in [-0.15, -0.1) is 0 Å². The minimum absolute atomic E-state index is 0.0232. The number of rotatable bonds is 3. The Bertz CT molecular complexity index is 381. The van der Waals surface area contributed by atoms with E-state index in [9.17, 15) is 18.2 Å². The molecule has 3 nitrogen and oxygen atoms in total. The van der Waals surface area contributed by atoms with Gasteiger partial charge in [-0.1, -0.05) is 0 Å². The van der Waals surface area contributed by atoms with Gasteiger partial charge in [0.2, 0.25) is 0 Å². The molecule has 0 bridgehead atoms. The molecule has 1 N–H and O–H groups in total. The molecule has 1 unspecified atom stereocenters. The van der Waals surface area contributed by atoms with Crippen LogP contribution in [0.4, 0.5) is 8.78 Å². The first-order valence-electron chi connectivity index (χ1n) is 3.90. The Labute approximate surface area is 79.9 Å². The summed E-state index contributed by atoms with van der Waals surface area (Å²) in [6, 6.07) is 2.35. The highest BCUT2D eigenvalue weighted by molar-refractivity contribution is 7.61. The Morgan fingerprint density at radius 3 is 2.64 bits per heavy atom. The summed E-state index contributed by atoms with van der Waals surface area (Å²) in [5, 5.41) is -0.513. The molecule has 0 aliphatic rings. The second-order valence-corrected chi connectivity index (χ2v) is 4.31. The van der Waals surface area contributed by atoms with Gasteiger partial charge in [-0.2, -0.15) is 0 Å². The Morgan fingerprint density at radius 1 is 1.50 bits per heavy atom. The number of halogens is 2. The summed E-state index contributed by atoms with van der Waals surface area (Å²) in [6.45, 7) is 1.48. The molecule has 0 saturated heterocycles. The maximum absolute atomic E-state index is 13.0. The highest BCUT2D eigenvalue weighted by Gasteiger charge is 2.26. The van der Waals surface area contributed by atoms with Crippen LogP contribution >= 0.6 is 7.60 Å². The average Bonchev–Trinajstić information content (AvgIpc) is 2.02. The molecule has 1 atom stereocenters. The Kier molecular flexibility index (Phi) is 3.37. The minimum Gasteiger partial charge on any atom is -0.321 e. The highest BCUT2D eigenvalue weighted by Crippen LogP contribution is 2.41. The molecule has 14 heavy (non-hydrogen) atoms. The van der Waals surface area contributed by atoms with Gasteiger partial charge in [0.25, 0.3) is 0 Å². The smallest absolute Gasteiger partial charge is 0.321 e. The van der Waals surface area contributed by atoms with Crippen LogP contribution in [-0.4, -0.2) is 11.5 Å². The van der Waals surface area contributed by atoms with Crippen LogP contribution in [0.3, 0.4) is 0 Å². The van der Waals surface area contributed by atoms with Crippen molar-refractivity contribution in [2.45, 2.75) is 6.92 Å². The van der Waals surface area contributed by atoms with E-state index in [4.69, 9.17) is 0 Å². The van der Waals surface area contributed by atoms with E-state index in [-0.39, 0.29) is 6.61 Å². The monoisotopic (exact) mass is 222 g/mol. The van der Waals surface area contributed by atoms with Gasteiger partial charge in [0.05, 0.1) is 11.9 Å². The molecule has 0 aromatic heterocycles. The lowest BCUT2D eigenvalue weighted by Gasteiger charge is -2.11. The molecular formula is C8H9F2O3P. The van der Waals surface area contributed by atoms with Gasteiger partial charge in [0.15, 0.2) is 0 Å². The second-order valence-electron chi connectivity index (χ2n) is 2.53. The average molecular weight is 222 g/mol. The SMILES string of the molecule is CCOP(=O)(O)c1ccc(F)cc1F. The molecule has 78 valence electrons. The molecule has 0 amide bonds. The number of benzene rings is 1. The lowest BCUT2D eigenvalue weighted by atomic mass is 10.3. The zero-order chi connectivity index (χ0) is 10.8. The van der Waals surface area contributed by atoms with E-state index < -0.39 is 24.5 Å². The van der Waals surface area contributed by atoms with Crippen molar-refractivity contribution in [1.29, 1.82) is 0 Å². The molecule has 1 aromatic rings. The second kappa shape index (κ2) is 4.17. The first-order chi connectivity index (χ1) is 6.47. The van der Waals surface area contributed by atoms with Crippen molar-refractivity contribution >= 4 is 12.9 Å². The van der Waals surface area contributed by atoms with Crippen LogP contribution in [0, 0.1) is 11.6 Å². The summed E-state index contributed by atoms with van der Waals surface area (Å²) in [5.41, 5.74) is 0. The van der Waals surface area contributed by atoms with Crippen LogP contribution in [-0.2, 0) is 9.09 Å². The first kappa shape index (κ1) is 11.3. The molecule has 6 heteroatoms. The maximum Gasteiger partial charge on any atom is 0.361 e. The van der Waals surface area contributed by atoms with Crippen LogP contribution in [0.5, 0.6) is 0 Å². The molecule has 0 spiro atoms. The fourth-order valence-electron chi connectivity index (χ4n) is 0.955. The van der Waals surface area contributed by atoms with E-state index in [1.165, 1.54) is 6.92 Å². The van der Waals surface area contributed by atoms with E-state index in [0.717, 1.165) is 12.1 Å². The van der Waals surface area contributed by atoms with Crippen molar-refractivity contribution < 1.29 is 22.8 Å². The zero-order valence-corrected chi connectivity index (χ0v) is 8.30. The quantitative estimate of drug-likeness (QED) is 0.793. The molecule has 0 aliphatic carbocycles. The van der Waals surface area contributed by atoms with Gasteiger partial charge in [0.1, 0.15) is 11.6 Å². The van der Waals surface area contributed by atoms with E-state index in [1.807, 2.05) is 0 Å². The predicted octanol–water partition coefficient (Wildman–Crippen LogP) is 1.81. The molecule has 0 fully saturated rings. The number of hydrogen-bond donors (Lipinski definition) is 1. The third-order valence-electron chi connectivity index (χ3n) is 1.52. The Morgan fingerprint density at radius 2 is 2.14 bits per heavy atom. The van der Waals surface area contributed by atoms with E-state index in [1.54, 1.807) is 0 Å². The van der Waals surface area contributed by atoms with E-state index in [0.29, 0.717) is 6.07 Å². The van der Waals surface area contributed by atoms with Gasteiger partial charge < -0.3 is 9.42 Å². The summed E-state index contributed by atoms with van der Waals surface area (Å²) >= 11 is 0. The summed E-state index contributed by atoms with van der Waals surface area (Å²) in [7, 11) is -4.14. The standard InChI is InChI=1S/C8H9F2O3P/c1-2-13-14(11,12)8-4-3-6(9)5-7(8)10/h3-5H,2H2,1H3,(H,11,12). The van der Waals surface area contributed by atoms with Crippen LogP contribution in [0.1, 0.15) is 6.92 Å². The van der Waals surface area contributed by atoms with Crippen molar-refractivity contribution in [3.05, 3.63) is 29.8 Å². The third-order valence-corrected chi connectivity index (χ3v) is 3.10. The van der Waals surface area contributed by atoms with Gasteiger partial charge in [-0.3, -0.25) is 4.57 Å². The van der Waals surface area contributed by atoms with Gasteiger partial charge in [0, 0.05) is 6.07 Å². The molecule has 0 saturated carbocycles. The first-order valence-corrected chi connectivity index (χ1v) is 5.48. The van der Waals surface area contributed by atoms with Crippen LogP contribution in [0.25, 0.3) is 0 Å². The van der Waals surface area contributed by atoms with Crippen molar-refractivity contribution in [1.82, 2.24) is 0 Å². The molecule has 0 heterocycles. The van der Waals surface area contributed by atoms with E-state index in [2.05, 4.69) is 4.52 Å². The van der Waals surface area contributed by atoms with Gasteiger partial charge >= 0.3 is 7.60 Å². The fourth-order valence-corrected chi connectivity index (χ4v) is 2.04. The van der Waals surface area contributed by atoms with Crippen LogP contribution in [0.2, 0.25) is 0 Å². The van der Waals surface area contributed by atoms with Crippen LogP contribution in [0.15, 0.2) is 18.2 Å². The molecule has 0 radical (unpaired) electrons. The summed E-state index contributed by atoms with van der Waals surface area (Å²) in [4.78, 5) is 9.23. The minimum atomic E-state index is -4.14. The molecule has 0 aliphatic heterocycles. The number of hydrogen-bond acceptors (Lipinski definition) is 2. The van der Waals surface area contributed by atoms with Gasteiger partial charge in [-0.25, -0.2) is 8.78 Å². The fraction of sp³-hybridized carbons (Fsp3) is 0.250. The Balaban J connectivity index is 3.13. The summed E-state index contributed by atoms with van der Waals surface area (Å²) in [6.07, 6.45) is 0. The molecule has 1 rings (SSSR count). The highest BCUT2D eigenvalue weighted by atomic mass is 31.2. The maximum atomic E-state index is 13.0. The molecule has 1 aromatic carbocycles. The van der Waals surface area contributed by atoms with E-state index >= 15 is 0 Å². The summed E-state index contributed by atoms with van der Waals surface area (Å²) < 4.78 is 41.3. The topological polar surface area (TPSA) is 46.5 Å².